The van der Waals surface area contributed by atoms with Crippen molar-refractivity contribution in [1.29, 1.82) is 0 Å². The van der Waals surface area contributed by atoms with Crippen molar-refractivity contribution in [2.75, 3.05) is 5.54 Å². The molecule has 10 heavy (non-hydrogen) atoms. The second-order valence-electron chi connectivity index (χ2n) is 2.27. The summed E-state index contributed by atoms with van der Waals surface area (Å²) in [6.07, 6.45) is 0. The Balaban J connectivity index is 3.06. The summed E-state index contributed by atoms with van der Waals surface area (Å²) in [6.45, 7) is 3.73. The van der Waals surface area contributed by atoms with E-state index >= 15 is 0 Å². The van der Waals surface area contributed by atoms with Crippen molar-refractivity contribution >= 4 is 5.82 Å². The van der Waals surface area contributed by atoms with Gasteiger partial charge in [0.05, 0.1) is 0 Å². The molecule has 0 spiro atoms. The van der Waals surface area contributed by atoms with Crippen molar-refractivity contribution in [2.24, 2.45) is 0 Å². The van der Waals surface area contributed by atoms with Gasteiger partial charge in [0.1, 0.15) is 0 Å². The first-order valence-electron chi connectivity index (χ1n) is 3.04. The van der Waals surface area contributed by atoms with Crippen LogP contribution in [0.25, 0.3) is 0 Å². The van der Waals surface area contributed by atoms with Crippen molar-refractivity contribution < 1.29 is 4.48 Å². The van der Waals surface area contributed by atoms with Crippen LogP contribution in [-0.4, -0.2) is 4.98 Å². The predicted molar refractivity (Wildman–Crippen MR) is 38.4 cm³/mol. The summed E-state index contributed by atoms with van der Waals surface area (Å²) in [6, 6.07) is 3.54. The smallest absolute Gasteiger partial charge is 0.154 e. The van der Waals surface area contributed by atoms with Gasteiger partial charge in [-0.05, 0) is 31.5 Å². The second-order valence-corrected chi connectivity index (χ2v) is 2.27. The number of anilines is 1. The van der Waals surface area contributed by atoms with E-state index in [0.717, 1.165) is 11.3 Å². The molecule has 0 saturated heterocycles. The maximum atomic E-state index is 11.8. The minimum absolute atomic E-state index is 0.275. The summed E-state index contributed by atoms with van der Waals surface area (Å²) in [7, 11) is 0. The molecule has 0 amide bonds. The van der Waals surface area contributed by atoms with Gasteiger partial charge in [0.25, 0.3) is 0 Å². The number of hydrogen-bond acceptors (Lipinski definition) is 2. The number of halogens is 1. The molecule has 0 atom stereocenters. The van der Waals surface area contributed by atoms with Crippen LogP contribution in [0.3, 0.4) is 0 Å². The van der Waals surface area contributed by atoms with Crippen LogP contribution in [0.2, 0.25) is 0 Å². The maximum absolute atomic E-state index is 11.8. The SMILES string of the molecule is Cc1cc(C)nc(NF)c1. The average molecular weight is 140 g/mol. The van der Waals surface area contributed by atoms with Crippen LogP contribution in [0, 0.1) is 13.8 Å². The predicted octanol–water partition coefficient (Wildman–Crippen LogP) is 1.99. The number of rotatable bonds is 1. The van der Waals surface area contributed by atoms with Crippen LogP contribution in [-0.2, 0) is 0 Å². The molecular weight excluding hydrogens is 131 g/mol. The summed E-state index contributed by atoms with van der Waals surface area (Å²) >= 11 is 0. The molecule has 0 saturated carbocycles. The summed E-state index contributed by atoms with van der Waals surface area (Å²) in [4.78, 5) is 3.87. The number of aromatic nitrogens is 1. The Hall–Kier alpha value is -1.12. The van der Waals surface area contributed by atoms with Gasteiger partial charge in [-0.3, -0.25) is 0 Å². The minimum Gasteiger partial charge on any atom is -0.234 e. The Bertz CT molecular complexity index is 215. The highest BCUT2D eigenvalue weighted by molar-refractivity contribution is 5.36. The first-order chi connectivity index (χ1) is 4.72. The maximum Gasteiger partial charge on any atom is 0.154 e. The topological polar surface area (TPSA) is 24.9 Å². The molecule has 0 aliphatic heterocycles. The number of nitrogens with one attached hydrogen (secondary N) is 1. The monoisotopic (exact) mass is 140 g/mol. The first-order valence-corrected chi connectivity index (χ1v) is 3.04. The molecule has 1 heterocycles. The summed E-state index contributed by atoms with van der Waals surface area (Å²) in [5, 5.41) is 0. The standard InChI is InChI=1S/C7H9FN2/c1-5-3-6(2)9-7(4-5)10-8/h3-4H,1-2H3,(H,9,10). The lowest BCUT2D eigenvalue weighted by molar-refractivity contribution is 0.611. The summed E-state index contributed by atoms with van der Waals surface area (Å²) in [5.41, 5.74) is 3.32. The molecule has 0 radical (unpaired) electrons. The van der Waals surface area contributed by atoms with E-state index in [9.17, 15) is 4.48 Å². The average Bonchev–Trinajstić information content (AvgIpc) is 1.85. The van der Waals surface area contributed by atoms with Crippen LogP contribution >= 0.6 is 0 Å². The lowest BCUT2D eigenvalue weighted by Gasteiger charge is -1.98. The zero-order chi connectivity index (χ0) is 7.56. The fraction of sp³-hybridized carbons (Fsp3) is 0.286. The molecule has 1 aromatic heterocycles. The molecule has 0 bridgehead atoms. The molecule has 0 aliphatic carbocycles. The third kappa shape index (κ3) is 1.43. The number of aryl methyl sites for hydroxylation is 2. The molecule has 1 rings (SSSR count). The molecule has 2 nitrogen and oxygen atoms in total. The van der Waals surface area contributed by atoms with E-state index in [4.69, 9.17) is 0 Å². The third-order valence-electron chi connectivity index (χ3n) is 1.19. The van der Waals surface area contributed by atoms with Crippen molar-refractivity contribution in [3.63, 3.8) is 0 Å². The third-order valence-corrected chi connectivity index (χ3v) is 1.19. The highest BCUT2D eigenvalue weighted by atomic mass is 19.2. The molecular formula is C7H9FN2. The van der Waals surface area contributed by atoms with Crippen LogP contribution in [0.15, 0.2) is 12.1 Å². The zero-order valence-electron chi connectivity index (χ0n) is 5.98. The zero-order valence-corrected chi connectivity index (χ0v) is 5.98. The van der Waals surface area contributed by atoms with Gasteiger partial charge in [0.2, 0.25) is 0 Å². The van der Waals surface area contributed by atoms with Gasteiger partial charge in [-0.2, -0.15) is 0 Å². The largest absolute Gasteiger partial charge is 0.234 e. The molecule has 0 unspecified atom stereocenters. The van der Waals surface area contributed by atoms with Gasteiger partial charge in [-0.25, -0.2) is 10.5 Å². The highest BCUT2D eigenvalue weighted by Gasteiger charge is 1.93. The lowest BCUT2D eigenvalue weighted by Crippen LogP contribution is -1.90. The Morgan fingerprint density at radius 2 is 2.10 bits per heavy atom. The number of nitrogens with zero attached hydrogens (tertiary/aromatic N) is 1. The first kappa shape index (κ1) is 6.99. The quantitative estimate of drug-likeness (QED) is 0.603. The fourth-order valence-electron chi connectivity index (χ4n) is 0.890. The lowest BCUT2D eigenvalue weighted by atomic mass is 10.2. The van der Waals surface area contributed by atoms with Crippen LogP contribution in [0.1, 0.15) is 11.3 Å². The van der Waals surface area contributed by atoms with E-state index in [2.05, 4.69) is 4.98 Å². The minimum atomic E-state index is 0.275. The van der Waals surface area contributed by atoms with Gasteiger partial charge < -0.3 is 0 Å². The molecule has 54 valence electrons. The number of pyridine rings is 1. The Morgan fingerprint density at radius 1 is 1.40 bits per heavy atom. The number of hydrogen-bond donors (Lipinski definition) is 1. The van der Waals surface area contributed by atoms with E-state index in [1.165, 1.54) is 5.54 Å². The molecule has 0 aromatic carbocycles. The molecule has 0 fully saturated rings. The van der Waals surface area contributed by atoms with Gasteiger partial charge in [-0.1, -0.05) is 0 Å². The molecule has 3 heteroatoms. The van der Waals surface area contributed by atoms with E-state index in [1.807, 2.05) is 19.9 Å². The summed E-state index contributed by atoms with van der Waals surface area (Å²) < 4.78 is 11.8. The van der Waals surface area contributed by atoms with Crippen molar-refractivity contribution in [2.45, 2.75) is 13.8 Å². The van der Waals surface area contributed by atoms with Gasteiger partial charge in [0.15, 0.2) is 5.82 Å². The van der Waals surface area contributed by atoms with Gasteiger partial charge in [0, 0.05) is 5.69 Å². The van der Waals surface area contributed by atoms with E-state index in [1.54, 1.807) is 6.07 Å². The Kier molecular flexibility index (Phi) is 1.85. The van der Waals surface area contributed by atoms with E-state index in [-0.39, 0.29) is 5.82 Å². The normalized spacial score (nSPS) is 9.50. The fourth-order valence-corrected chi connectivity index (χ4v) is 0.890. The van der Waals surface area contributed by atoms with Crippen LogP contribution in [0.5, 0.6) is 0 Å². The molecule has 1 aromatic rings. The molecule has 1 N–H and O–H groups in total. The second kappa shape index (κ2) is 2.64. The Morgan fingerprint density at radius 3 is 2.60 bits per heavy atom. The van der Waals surface area contributed by atoms with Crippen molar-refractivity contribution in [3.05, 3.63) is 23.4 Å². The highest BCUT2D eigenvalue weighted by Crippen LogP contribution is 2.08. The van der Waals surface area contributed by atoms with Crippen LogP contribution in [0.4, 0.5) is 10.3 Å². The van der Waals surface area contributed by atoms with Crippen LogP contribution < -0.4 is 5.54 Å². The molecule has 0 aliphatic rings. The van der Waals surface area contributed by atoms with Gasteiger partial charge >= 0.3 is 0 Å². The summed E-state index contributed by atoms with van der Waals surface area (Å²) in [5.74, 6) is 0.275. The van der Waals surface area contributed by atoms with Crippen molar-refractivity contribution in [1.82, 2.24) is 4.98 Å². The van der Waals surface area contributed by atoms with E-state index < -0.39 is 0 Å². The van der Waals surface area contributed by atoms with Gasteiger partial charge in [-0.15, -0.1) is 4.48 Å². The van der Waals surface area contributed by atoms with Crippen molar-refractivity contribution in [3.8, 4) is 0 Å². The van der Waals surface area contributed by atoms with E-state index in [0.29, 0.717) is 0 Å². The Labute approximate surface area is 59.0 Å².